The Balaban J connectivity index is 1.04. The van der Waals surface area contributed by atoms with E-state index in [2.05, 4.69) is 70.0 Å². The standard InChI is InChI=1S/C60H40N4O4P2/c65-69(45-23-9-3-10-24-45)61(43-19-5-1-6-20-43)49-37-35-41(39-53(49)62(69)44-21-7-2-8-22-44)42-36-38-50-54(40-42)64(52-30-18-34-58-60(52)48-28-14-16-32-56(48)68-58)70(66,46-25-11-4-12-26-46)63(50)51-29-17-33-57-59(51)47-27-13-15-31-55(47)67-57/h1-40H. The van der Waals surface area contributed by atoms with E-state index in [0.717, 1.165) is 89.3 Å². The Hall–Kier alpha value is -8.54. The van der Waals surface area contributed by atoms with Crippen molar-refractivity contribution in [3.05, 3.63) is 243 Å². The molecule has 0 saturated heterocycles. The minimum atomic E-state index is -3.92. The summed E-state index contributed by atoms with van der Waals surface area (Å²) < 4.78 is 55.1. The smallest absolute Gasteiger partial charge is 0.301 e. The third-order valence-electron chi connectivity index (χ3n) is 13.7. The molecule has 10 aromatic carbocycles. The van der Waals surface area contributed by atoms with Gasteiger partial charge in [0.05, 0.1) is 55.5 Å². The molecule has 0 aliphatic carbocycles. The first kappa shape index (κ1) is 40.5. The highest BCUT2D eigenvalue weighted by atomic mass is 31.2. The van der Waals surface area contributed by atoms with Crippen LogP contribution in [-0.2, 0) is 9.13 Å². The quantitative estimate of drug-likeness (QED) is 0.146. The highest BCUT2D eigenvalue weighted by Gasteiger charge is 2.52. The maximum Gasteiger partial charge on any atom is 0.301 e. The van der Waals surface area contributed by atoms with Gasteiger partial charge in [0.1, 0.15) is 22.3 Å². The van der Waals surface area contributed by atoms with Gasteiger partial charge in [0.15, 0.2) is 0 Å². The third kappa shape index (κ3) is 5.78. The molecule has 4 heterocycles. The maximum absolute atomic E-state index is 17.5. The zero-order chi connectivity index (χ0) is 46.6. The molecule has 334 valence electrons. The van der Waals surface area contributed by atoms with Crippen LogP contribution in [0, 0.1) is 0 Å². The molecule has 2 aliphatic heterocycles. The van der Waals surface area contributed by atoms with Gasteiger partial charge in [-0.1, -0.05) is 133 Å². The number of para-hydroxylation sites is 4. The number of hydrogen-bond acceptors (Lipinski definition) is 4. The van der Waals surface area contributed by atoms with Crippen LogP contribution in [0.3, 0.4) is 0 Å². The number of rotatable bonds is 7. The lowest BCUT2D eigenvalue weighted by Gasteiger charge is -2.33. The van der Waals surface area contributed by atoms with Gasteiger partial charge in [0, 0.05) is 22.1 Å². The summed E-state index contributed by atoms with van der Waals surface area (Å²) in [5.74, 6) is 0. The predicted octanol–water partition coefficient (Wildman–Crippen LogP) is 16.8. The van der Waals surface area contributed by atoms with Gasteiger partial charge in [-0.2, -0.15) is 0 Å². The summed E-state index contributed by atoms with van der Waals surface area (Å²) in [5, 5.41) is 4.99. The first-order chi connectivity index (χ1) is 34.5. The van der Waals surface area contributed by atoms with Crippen molar-refractivity contribution in [3.63, 3.8) is 0 Å². The molecule has 0 amide bonds. The second kappa shape index (κ2) is 15.5. The normalized spacial score (nSPS) is 17.5. The minimum Gasteiger partial charge on any atom is -0.456 e. The second-order valence-corrected chi connectivity index (χ2v) is 22.4. The molecule has 0 saturated carbocycles. The van der Waals surface area contributed by atoms with Crippen molar-refractivity contribution in [1.29, 1.82) is 0 Å². The van der Waals surface area contributed by atoms with Gasteiger partial charge in [-0.05, 0) is 120 Å². The van der Waals surface area contributed by atoms with E-state index < -0.39 is 14.9 Å². The Kier molecular flexibility index (Phi) is 8.97. The molecule has 0 N–H and O–H groups in total. The fraction of sp³-hybridized carbons (Fsp3) is 0. The molecular weight excluding hydrogens is 903 g/mol. The largest absolute Gasteiger partial charge is 0.456 e. The number of benzene rings is 10. The maximum atomic E-state index is 17.5. The first-order valence-electron chi connectivity index (χ1n) is 23.2. The van der Waals surface area contributed by atoms with E-state index in [-0.39, 0.29) is 0 Å². The molecule has 14 rings (SSSR count). The Morgan fingerprint density at radius 2 is 0.643 bits per heavy atom. The average Bonchev–Trinajstić information content (AvgIpc) is 4.14. The molecule has 0 radical (unpaired) electrons. The van der Waals surface area contributed by atoms with Gasteiger partial charge in [-0.15, -0.1) is 0 Å². The van der Waals surface area contributed by atoms with Gasteiger partial charge in [0.2, 0.25) is 0 Å². The summed E-state index contributed by atoms with van der Waals surface area (Å²) in [7, 11) is -7.53. The number of fused-ring (bicyclic) bond motifs is 8. The monoisotopic (exact) mass is 942 g/mol. The summed E-state index contributed by atoms with van der Waals surface area (Å²) in [4.78, 5) is 0. The van der Waals surface area contributed by atoms with Gasteiger partial charge >= 0.3 is 14.9 Å². The molecule has 2 aliphatic rings. The fourth-order valence-electron chi connectivity index (χ4n) is 10.7. The average molecular weight is 943 g/mol. The van der Waals surface area contributed by atoms with Crippen molar-refractivity contribution >= 4 is 115 Å². The Morgan fingerprint density at radius 1 is 0.286 bits per heavy atom. The zero-order valence-electron chi connectivity index (χ0n) is 37.4. The Bertz CT molecular complexity index is 4120. The molecule has 70 heavy (non-hydrogen) atoms. The van der Waals surface area contributed by atoms with Crippen LogP contribution in [0.25, 0.3) is 55.0 Å². The van der Waals surface area contributed by atoms with Crippen molar-refractivity contribution in [3.8, 4) is 11.1 Å². The lowest BCUT2D eigenvalue weighted by Crippen LogP contribution is -2.26. The van der Waals surface area contributed by atoms with Crippen LogP contribution in [0.4, 0.5) is 45.5 Å². The molecule has 12 aromatic rings. The van der Waals surface area contributed by atoms with Crippen molar-refractivity contribution in [2.45, 2.75) is 0 Å². The molecule has 2 aromatic heterocycles. The van der Waals surface area contributed by atoms with Crippen molar-refractivity contribution in [1.82, 2.24) is 0 Å². The number of anilines is 8. The summed E-state index contributed by atoms with van der Waals surface area (Å²) in [6.07, 6.45) is 0. The topological polar surface area (TPSA) is 73.4 Å². The SMILES string of the molecule is O=P1(c2ccccc2)N(c2ccccc2)c2ccc(-c3ccc4c(c3)N(c3cccc5oc6ccccc6c35)P(=O)(c3ccccc3)N4c3cccc4oc5ccccc5c34)cc2N1c1ccccc1. The fourth-order valence-corrected chi connectivity index (χ4v) is 16.8. The van der Waals surface area contributed by atoms with E-state index in [9.17, 15) is 0 Å². The summed E-state index contributed by atoms with van der Waals surface area (Å²) in [6.45, 7) is 0. The summed E-state index contributed by atoms with van der Waals surface area (Å²) in [6, 6.07) is 80.4. The second-order valence-electron chi connectivity index (χ2n) is 17.6. The molecular formula is C60H40N4O4P2. The molecule has 8 nitrogen and oxygen atoms in total. The van der Waals surface area contributed by atoms with Crippen molar-refractivity contribution in [2.75, 3.05) is 18.7 Å². The van der Waals surface area contributed by atoms with E-state index in [0.29, 0.717) is 21.8 Å². The van der Waals surface area contributed by atoms with E-state index in [1.807, 2.05) is 191 Å². The highest BCUT2D eigenvalue weighted by molar-refractivity contribution is 7.76. The third-order valence-corrected chi connectivity index (χ3v) is 19.6. The van der Waals surface area contributed by atoms with Gasteiger partial charge in [-0.3, -0.25) is 27.8 Å². The Morgan fingerprint density at radius 3 is 1.13 bits per heavy atom. The highest BCUT2D eigenvalue weighted by Crippen LogP contribution is 2.73. The van der Waals surface area contributed by atoms with E-state index in [4.69, 9.17) is 8.83 Å². The van der Waals surface area contributed by atoms with E-state index >= 15 is 9.13 Å². The lowest BCUT2D eigenvalue weighted by molar-refractivity contribution is 0.581. The van der Waals surface area contributed by atoms with Gasteiger partial charge in [0.25, 0.3) is 0 Å². The first-order valence-corrected chi connectivity index (χ1v) is 26.5. The van der Waals surface area contributed by atoms with Gasteiger partial charge < -0.3 is 8.83 Å². The summed E-state index contributed by atoms with van der Waals surface area (Å²) >= 11 is 0. The minimum absolute atomic E-state index is 0.663. The Labute approximate surface area is 403 Å². The number of nitrogens with zero attached hydrogens (tertiary/aromatic N) is 4. The van der Waals surface area contributed by atoms with Crippen LogP contribution in [0.5, 0.6) is 0 Å². The lowest BCUT2D eigenvalue weighted by atomic mass is 10.0. The molecule has 0 spiro atoms. The molecule has 0 bridgehead atoms. The molecule has 2 unspecified atom stereocenters. The van der Waals surface area contributed by atoms with Gasteiger partial charge in [-0.25, -0.2) is 0 Å². The van der Waals surface area contributed by atoms with E-state index in [1.54, 1.807) is 0 Å². The molecule has 0 fully saturated rings. The molecule has 2 atom stereocenters. The van der Waals surface area contributed by atoms with E-state index in [1.165, 1.54) is 0 Å². The van der Waals surface area contributed by atoms with Crippen molar-refractivity contribution < 1.29 is 18.0 Å². The number of hydrogen-bond donors (Lipinski definition) is 0. The van der Waals surface area contributed by atoms with Crippen LogP contribution in [0.1, 0.15) is 0 Å². The van der Waals surface area contributed by atoms with Crippen LogP contribution in [0.2, 0.25) is 0 Å². The number of furan rings is 2. The predicted molar refractivity (Wildman–Crippen MR) is 288 cm³/mol. The molecule has 10 heteroatoms. The van der Waals surface area contributed by atoms with Crippen molar-refractivity contribution in [2.24, 2.45) is 0 Å². The zero-order valence-corrected chi connectivity index (χ0v) is 39.2. The summed E-state index contributed by atoms with van der Waals surface area (Å²) in [5.41, 5.74) is 11.0. The van der Waals surface area contributed by atoms with Crippen LogP contribution >= 0.6 is 14.9 Å². The van der Waals surface area contributed by atoms with Crippen LogP contribution < -0.4 is 29.3 Å². The van der Waals surface area contributed by atoms with Crippen LogP contribution in [-0.4, -0.2) is 0 Å². The van der Waals surface area contributed by atoms with Crippen LogP contribution in [0.15, 0.2) is 251 Å².